The molecule has 2 heterocycles. The van der Waals surface area contributed by atoms with Crippen molar-refractivity contribution in [3.63, 3.8) is 0 Å². The molecule has 1 atom stereocenters. The van der Waals surface area contributed by atoms with E-state index in [0.717, 1.165) is 0 Å². The fraction of sp³-hybridized carbons (Fsp3) is 0.476. The number of amides is 1. The first-order valence-corrected chi connectivity index (χ1v) is 13.2. The monoisotopic (exact) mass is 461 g/mol. The molecule has 11 heteroatoms. The van der Waals surface area contributed by atoms with Gasteiger partial charge in [-0.3, -0.25) is 19.8 Å². The van der Waals surface area contributed by atoms with Gasteiger partial charge in [0.2, 0.25) is 0 Å². The van der Waals surface area contributed by atoms with E-state index in [-0.39, 0.29) is 10.7 Å². The van der Waals surface area contributed by atoms with E-state index in [9.17, 15) is 14.9 Å². The van der Waals surface area contributed by atoms with E-state index < -0.39 is 25.4 Å². The first-order chi connectivity index (χ1) is 14.9. The van der Waals surface area contributed by atoms with Gasteiger partial charge in [-0.25, -0.2) is 4.79 Å². The molecule has 0 aromatic carbocycles. The largest absolute Gasteiger partial charge is 0.465 e. The van der Waals surface area contributed by atoms with E-state index in [2.05, 4.69) is 55.8 Å². The molecule has 0 radical (unpaired) electrons. The third-order valence-electron chi connectivity index (χ3n) is 5.70. The Bertz CT molecular complexity index is 983. The first-order valence-electron chi connectivity index (χ1n) is 10.3. The van der Waals surface area contributed by atoms with Gasteiger partial charge < -0.3 is 14.8 Å². The van der Waals surface area contributed by atoms with Gasteiger partial charge in [0.05, 0.1) is 29.8 Å². The lowest BCUT2D eigenvalue weighted by atomic mass is 10.1. The molecule has 32 heavy (non-hydrogen) atoms. The average molecular weight is 462 g/mol. The highest BCUT2D eigenvalue weighted by Crippen LogP contribution is 2.37. The number of aromatic nitrogens is 3. The smallest absolute Gasteiger partial charge is 0.405 e. The molecule has 2 N–H and O–H groups in total. The molecule has 0 saturated heterocycles. The molecule has 0 aliphatic heterocycles. The van der Waals surface area contributed by atoms with Crippen molar-refractivity contribution in [1.82, 2.24) is 20.1 Å². The third-order valence-corrected chi connectivity index (χ3v) is 10.2. The van der Waals surface area contributed by atoms with Crippen molar-refractivity contribution >= 4 is 20.1 Å². The molecule has 0 spiro atoms. The summed E-state index contributed by atoms with van der Waals surface area (Å²) in [6.07, 6.45) is 3.43. The maximum absolute atomic E-state index is 11.6. The predicted octanol–water partition coefficient (Wildman–Crippen LogP) is 4.76. The first kappa shape index (κ1) is 25.2. The minimum atomic E-state index is -1.98. The van der Waals surface area contributed by atoms with Gasteiger partial charge in [0.25, 0.3) is 0 Å². The van der Waals surface area contributed by atoms with Crippen molar-refractivity contribution in [2.75, 3.05) is 6.61 Å². The zero-order valence-corrected chi connectivity index (χ0v) is 20.2. The number of nitro groups is 1. The number of nitrogens with zero attached hydrogens (tertiary/aromatic N) is 4. The molecule has 0 aliphatic rings. The number of hydrogen-bond acceptors (Lipinski definition) is 6. The fourth-order valence-electron chi connectivity index (χ4n) is 2.93. The maximum atomic E-state index is 11.6. The zero-order chi connectivity index (χ0) is 24.1. The van der Waals surface area contributed by atoms with Crippen molar-refractivity contribution in [2.45, 2.75) is 57.9 Å². The molecule has 2 aromatic heterocycles. The summed E-state index contributed by atoms with van der Waals surface area (Å²) >= 11 is 0. The minimum absolute atomic E-state index is 0.0449. The summed E-state index contributed by atoms with van der Waals surface area (Å²) < 4.78 is 7.76. The topological polar surface area (TPSA) is 132 Å². The molecular formula is C21H31N5O5Si. The molecule has 0 fully saturated rings. The third kappa shape index (κ3) is 6.01. The Morgan fingerprint density at radius 2 is 2.16 bits per heavy atom. The van der Waals surface area contributed by atoms with Gasteiger partial charge >= 0.3 is 11.8 Å². The number of carboxylic acid groups (broad SMARTS) is 1. The van der Waals surface area contributed by atoms with Gasteiger partial charge in [0.15, 0.2) is 8.32 Å². The van der Waals surface area contributed by atoms with Gasteiger partial charge in [-0.2, -0.15) is 5.10 Å². The summed E-state index contributed by atoms with van der Waals surface area (Å²) in [6, 6.07) is 2.66. The molecule has 174 valence electrons. The van der Waals surface area contributed by atoms with E-state index >= 15 is 0 Å². The molecular weight excluding hydrogens is 430 g/mol. The Morgan fingerprint density at radius 1 is 1.47 bits per heavy atom. The standard InChI is InChI=1S/C21H31N5O5Si/c1-7-8-16(24-20(27)28)17-13-15(9-10-22-17)19-18(26(29)30)14-23-25(19)11-12-31-32(5,6)21(2,3)4/h7,9-10,13-14,16,24H,1,8,11-12H2,2-6H3,(H,27,28). The van der Waals surface area contributed by atoms with E-state index in [1.165, 1.54) is 12.4 Å². The van der Waals surface area contributed by atoms with Crippen LogP contribution in [0.4, 0.5) is 10.5 Å². The Labute approximate surface area is 188 Å². The van der Waals surface area contributed by atoms with Crippen LogP contribution in [0.15, 0.2) is 37.2 Å². The molecule has 1 unspecified atom stereocenters. The maximum Gasteiger partial charge on any atom is 0.405 e. The lowest BCUT2D eigenvalue weighted by Gasteiger charge is -2.36. The van der Waals surface area contributed by atoms with E-state index in [4.69, 9.17) is 9.53 Å². The number of carbonyl (C=O) groups is 1. The van der Waals surface area contributed by atoms with Crippen LogP contribution in [0.25, 0.3) is 11.3 Å². The molecule has 0 bridgehead atoms. The van der Waals surface area contributed by atoms with Gasteiger partial charge in [0, 0.05) is 11.8 Å². The van der Waals surface area contributed by atoms with Gasteiger partial charge in [0.1, 0.15) is 11.9 Å². The van der Waals surface area contributed by atoms with Gasteiger partial charge in [-0.15, -0.1) is 6.58 Å². The van der Waals surface area contributed by atoms with Gasteiger partial charge in [-0.05, 0) is 36.7 Å². The van der Waals surface area contributed by atoms with Crippen molar-refractivity contribution in [1.29, 1.82) is 0 Å². The molecule has 0 aliphatic carbocycles. The highest BCUT2D eigenvalue weighted by Gasteiger charge is 2.37. The highest BCUT2D eigenvalue weighted by molar-refractivity contribution is 6.74. The normalized spacial score (nSPS) is 12.9. The van der Waals surface area contributed by atoms with E-state index in [1.54, 1.807) is 22.9 Å². The summed E-state index contributed by atoms with van der Waals surface area (Å²) in [5, 5.41) is 27.4. The summed E-state index contributed by atoms with van der Waals surface area (Å²) in [5.41, 5.74) is 1.14. The molecule has 2 aromatic rings. The van der Waals surface area contributed by atoms with Crippen LogP contribution in [-0.2, 0) is 11.0 Å². The Hall–Kier alpha value is -3.05. The fourth-order valence-corrected chi connectivity index (χ4v) is 3.97. The summed E-state index contributed by atoms with van der Waals surface area (Å²) in [7, 11) is -1.98. The lowest BCUT2D eigenvalue weighted by Crippen LogP contribution is -2.41. The summed E-state index contributed by atoms with van der Waals surface area (Å²) in [6.45, 7) is 15.1. The number of nitrogens with one attached hydrogen (secondary N) is 1. The Morgan fingerprint density at radius 3 is 2.72 bits per heavy atom. The van der Waals surface area contributed by atoms with Crippen molar-refractivity contribution in [2.24, 2.45) is 0 Å². The Kier molecular flexibility index (Phi) is 7.91. The minimum Gasteiger partial charge on any atom is -0.465 e. The number of rotatable bonds is 10. The summed E-state index contributed by atoms with van der Waals surface area (Å²) in [5.74, 6) is 0. The lowest BCUT2D eigenvalue weighted by molar-refractivity contribution is -0.384. The van der Waals surface area contributed by atoms with Crippen LogP contribution in [-0.4, -0.2) is 45.8 Å². The highest BCUT2D eigenvalue weighted by atomic mass is 28.4. The molecule has 1 amide bonds. The molecule has 0 saturated carbocycles. The van der Waals surface area contributed by atoms with E-state index in [1.807, 2.05) is 0 Å². The van der Waals surface area contributed by atoms with Crippen LogP contribution in [0, 0.1) is 10.1 Å². The van der Waals surface area contributed by atoms with Crippen molar-refractivity contribution in [3.8, 4) is 11.3 Å². The van der Waals surface area contributed by atoms with E-state index in [0.29, 0.717) is 36.5 Å². The summed E-state index contributed by atoms with van der Waals surface area (Å²) in [4.78, 5) is 26.6. The van der Waals surface area contributed by atoms with Gasteiger partial charge in [-0.1, -0.05) is 26.8 Å². The Balaban J connectivity index is 2.38. The van der Waals surface area contributed by atoms with Crippen LogP contribution < -0.4 is 5.32 Å². The van der Waals surface area contributed by atoms with Crippen LogP contribution in [0.3, 0.4) is 0 Å². The van der Waals surface area contributed by atoms with Crippen molar-refractivity contribution < 1.29 is 19.3 Å². The average Bonchev–Trinajstić information content (AvgIpc) is 3.10. The second-order valence-corrected chi connectivity index (χ2v) is 13.8. The zero-order valence-electron chi connectivity index (χ0n) is 19.2. The van der Waals surface area contributed by atoms with Crippen LogP contribution >= 0.6 is 0 Å². The predicted molar refractivity (Wildman–Crippen MR) is 124 cm³/mol. The second kappa shape index (κ2) is 10.0. The van der Waals surface area contributed by atoms with Crippen LogP contribution in [0.1, 0.15) is 38.9 Å². The van der Waals surface area contributed by atoms with Crippen LogP contribution in [0.5, 0.6) is 0 Å². The number of hydrogen-bond donors (Lipinski definition) is 2. The van der Waals surface area contributed by atoms with Crippen molar-refractivity contribution in [3.05, 3.63) is 53.0 Å². The number of pyridine rings is 1. The van der Waals surface area contributed by atoms with Crippen LogP contribution in [0.2, 0.25) is 18.1 Å². The quantitative estimate of drug-likeness (QED) is 0.225. The molecule has 10 nitrogen and oxygen atoms in total. The molecule has 2 rings (SSSR count). The second-order valence-electron chi connectivity index (χ2n) is 8.96. The SMILES string of the molecule is C=CCC(NC(=O)O)c1cc(-c2c([N+](=O)[O-])cnn2CCO[Si](C)(C)C(C)(C)C)ccn1.